The Morgan fingerprint density at radius 2 is 1.83 bits per heavy atom. The molecule has 7 heteroatoms. The van der Waals surface area contributed by atoms with Gasteiger partial charge in [0, 0.05) is 19.8 Å². The Labute approximate surface area is 115 Å². The first-order chi connectivity index (χ1) is 8.65. The number of nitrogens with one attached hydrogen (secondary N) is 2. The SMILES string of the molecule is CN(C)C(=S)Nc1nnc(Nc2ccccc2)s1. The molecule has 0 saturated heterocycles. The van der Waals surface area contributed by atoms with Gasteiger partial charge in [0.05, 0.1) is 0 Å². The van der Waals surface area contributed by atoms with E-state index >= 15 is 0 Å². The van der Waals surface area contributed by atoms with Gasteiger partial charge in [-0.3, -0.25) is 0 Å². The van der Waals surface area contributed by atoms with Gasteiger partial charge >= 0.3 is 0 Å². The maximum absolute atomic E-state index is 5.13. The summed E-state index contributed by atoms with van der Waals surface area (Å²) < 4.78 is 0. The zero-order valence-corrected chi connectivity index (χ0v) is 11.7. The maximum Gasteiger partial charge on any atom is 0.213 e. The molecule has 0 amide bonds. The first kappa shape index (κ1) is 12.7. The first-order valence-electron chi connectivity index (χ1n) is 5.29. The molecule has 0 atom stereocenters. The summed E-state index contributed by atoms with van der Waals surface area (Å²) in [6.45, 7) is 0. The van der Waals surface area contributed by atoms with Crippen LogP contribution in [0.1, 0.15) is 0 Å². The summed E-state index contributed by atoms with van der Waals surface area (Å²) in [6, 6.07) is 9.83. The van der Waals surface area contributed by atoms with Crippen LogP contribution in [0.2, 0.25) is 0 Å². The minimum absolute atomic E-state index is 0.609. The van der Waals surface area contributed by atoms with Crippen LogP contribution in [0.15, 0.2) is 30.3 Å². The summed E-state index contributed by atoms with van der Waals surface area (Å²) in [5, 5.41) is 16.2. The molecule has 2 rings (SSSR count). The van der Waals surface area contributed by atoms with E-state index in [-0.39, 0.29) is 0 Å². The van der Waals surface area contributed by atoms with Gasteiger partial charge in [-0.2, -0.15) is 0 Å². The standard InChI is InChI=1S/C11H13N5S2/c1-16(2)11(17)13-10-15-14-9(18-10)12-8-6-4-3-5-7-8/h3-7H,1-2H3,(H,12,14)(H,13,15,17). The summed E-state index contributed by atoms with van der Waals surface area (Å²) in [6.07, 6.45) is 0. The van der Waals surface area contributed by atoms with Gasteiger partial charge in [-0.05, 0) is 24.4 Å². The second-order valence-corrected chi connectivity index (χ2v) is 5.09. The van der Waals surface area contributed by atoms with Gasteiger partial charge in [-0.25, -0.2) is 0 Å². The molecule has 1 heterocycles. The average molecular weight is 279 g/mol. The summed E-state index contributed by atoms with van der Waals surface area (Å²) in [4.78, 5) is 1.81. The molecule has 18 heavy (non-hydrogen) atoms. The zero-order valence-electron chi connectivity index (χ0n) is 10.0. The maximum atomic E-state index is 5.13. The Morgan fingerprint density at radius 1 is 1.17 bits per heavy atom. The lowest BCUT2D eigenvalue weighted by Crippen LogP contribution is -2.26. The molecule has 0 bridgehead atoms. The number of thiocarbonyl (C=S) groups is 1. The van der Waals surface area contributed by atoms with E-state index in [9.17, 15) is 0 Å². The van der Waals surface area contributed by atoms with Crippen LogP contribution in [0, 0.1) is 0 Å². The van der Waals surface area contributed by atoms with E-state index in [0.717, 1.165) is 10.8 Å². The van der Waals surface area contributed by atoms with Crippen molar-refractivity contribution in [3.63, 3.8) is 0 Å². The fourth-order valence-electron chi connectivity index (χ4n) is 1.17. The third-order valence-electron chi connectivity index (χ3n) is 2.07. The lowest BCUT2D eigenvalue weighted by Gasteiger charge is -2.12. The predicted octanol–water partition coefficient (Wildman–Crippen LogP) is 2.54. The highest BCUT2D eigenvalue weighted by molar-refractivity contribution is 7.80. The van der Waals surface area contributed by atoms with Crippen LogP contribution in [0.3, 0.4) is 0 Å². The Kier molecular flexibility index (Phi) is 4.06. The van der Waals surface area contributed by atoms with E-state index in [0.29, 0.717) is 10.2 Å². The summed E-state index contributed by atoms with van der Waals surface area (Å²) in [5.41, 5.74) is 0.982. The highest BCUT2D eigenvalue weighted by atomic mass is 32.1. The van der Waals surface area contributed by atoms with Crippen molar-refractivity contribution >= 4 is 44.6 Å². The molecule has 0 radical (unpaired) electrons. The van der Waals surface area contributed by atoms with Gasteiger partial charge in [0.15, 0.2) is 5.11 Å². The number of anilines is 3. The van der Waals surface area contributed by atoms with E-state index in [1.165, 1.54) is 11.3 Å². The van der Waals surface area contributed by atoms with Crippen molar-refractivity contribution in [2.75, 3.05) is 24.7 Å². The number of hydrogen-bond donors (Lipinski definition) is 2. The predicted molar refractivity (Wildman–Crippen MR) is 79.5 cm³/mol. The molecule has 0 unspecified atom stereocenters. The summed E-state index contributed by atoms with van der Waals surface area (Å²) in [7, 11) is 3.75. The number of benzene rings is 1. The lowest BCUT2D eigenvalue weighted by atomic mass is 10.3. The Hall–Kier alpha value is -1.73. The van der Waals surface area contributed by atoms with E-state index < -0.39 is 0 Å². The molecule has 0 aliphatic heterocycles. The average Bonchev–Trinajstić information content (AvgIpc) is 2.77. The van der Waals surface area contributed by atoms with Crippen LogP contribution in [-0.2, 0) is 0 Å². The molecule has 2 N–H and O–H groups in total. The van der Waals surface area contributed by atoms with Gasteiger partial charge in [-0.1, -0.05) is 29.5 Å². The van der Waals surface area contributed by atoms with Gasteiger partial charge in [0.2, 0.25) is 10.3 Å². The fraction of sp³-hybridized carbons (Fsp3) is 0.182. The van der Waals surface area contributed by atoms with E-state index in [4.69, 9.17) is 12.2 Å². The number of nitrogens with zero attached hydrogens (tertiary/aromatic N) is 3. The van der Waals surface area contributed by atoms with Crippen LogP contribution in [0.25, 0.3) is 0 Å². The zero-order chi connectivity index (χ0) is 13.0. The van der Waals surface area contributed by atoms with E-state index in [2.05, 4.69) is 20.8 Å². The van der Waals surface area contributed by atoms with Crippen LogP contribution in [0.5, 0.6) is 0 Å². The van der Waals surface area contributed by atoms with Crippen molar-refractivity contribution in [1.82, 2.24) is 15.1 Å². The molecule has 0 saturated carbocycles. The third-order valence-corrected chi connectivity index (χ3v) is 3.29. The van der Waals surface area contributed by atoms with E-state index in [1.54, 1.807) is 4.90 Å². The Bertz CT molecular complexity index is 523. The molecular weight excluding hydrogens is 266 g/mol. The van der Waals surface area contributed by atoms with Crippen molar-refractivity contribution in [3.8, 4) is 0 Å². The number of hydrogen-bond acceptors (Lipinski definition) is 5. The third kappa shape index (κ3) is 3.38. The second kappa shape index (κ2) is 5.74. The molecule has 2 aromatic rings. The van der Waals surface area contributed by atoms with Crippen molar-refractivity contribution in [2.45, 2.75) is 0 Å². The molecule has 0 aliphatic rings. The molecule has 94 valence electrons. The van der Waals surface area contributed by atoms with E-state index in [1.807, 2.05) is 44.4 Å². The number of rotatable bonds is 3. The highest BCUT2D eigenvalue weighted by Crippen LogP contribution is 2.23. The molecular formula is C11H13N5S2. The number of para-hydroxylation sites is 1. The second-order valence-electron chi connectivity index (χ2n) is 3.73. The topological polar surface area (TPSA) is 53.1 Å². The smallest absolute Gasteiger partial charge is 0.213 e. The molecule has 0 aliphatic carbocycles. The summed E-state index contributed by atoms with van der Waals surface area (Å²) >= 11 is 6.55. The normalized spacial score (nSPS) is 9.89. The lowest BCUT2D eigenvalue weighted by molar-refractivity contribution is 0.633. The molecule has 1 aromatic carbocycles. The minimum Gasteiger partial charge on any atom is -0.355 e. The van der Waals surface area contributed by atoms with Crippen LogP contribution < -0.4 is 10.6 Å². The van der Waals surface area contributed by atoms with Crippen molar-refractivity contribution < 1.29 is 0 Å². The largest absolute Gasteiger partial charge is 0.355 e. The minimum atomic E-state index is 0.609. The van der Waals surface area contributed by atoms with Gasteiger partial charge < -0.3 is 15.5 Å². The first-order valence-corrected chi connectivity index (χ1v) is 6.51. The summed E-state index contributed by atoms with van der Waals surface area (Å²) in [5.74, 6) is 0. The number of aromatic nitrogens is 2. The Morgan fingerprint density at radius 3 is 2.50 bits per heavy atom. The Balaban J connectivity index is 2.00. The monoisotopic (exact) mass is 279 g/mol. The highest BCUT2D eigenvalue weighted by Gasteiger charge is 2.06. The molecule has 1 aromatic heterocycles. The molecule has 0 spiro atoms. The van der Waals surface area contributed by atoms with Crippen molar-refractivity contribution in [2.24, 2.45) is 0 Å². The van der Waals surface area contributed by atoms with Crippen LogP contribution in [-0.4, -0.2) is 34.3 Å². The molecule has 5 nitrogen and oxygen atoms in total. The van der Waals surface area contributed by atoms with Gasteiger partial charge in [-0.15, -0.1) is 10.2 Å². The molecule has 0 fully saturated rings. The van der Waals surface area contributed by atoms with Crippen molar-refractivity contribution in [1.29, 1.82) is 0 Å². The van der Waals surface area contributed by atoms with Crippen LogP contribution in [0.4, 0.5) is 16.0 Å². The fourth-order valence-corrected chi connectivity index (χ4v) is 2.00. The van der Waals surface area contributed by atoms with Gasteiger partial charge in [0.1, 0.15) is 0 Å². The van der Waals surface area contributed by atoms with Crippen LogP contribution >= 0.6 is 23.6 Å². The van der Waals surface area contributed by atoms with Crippen molar-refractivity contribution in [3.05, 3.63) is 30.3 Å². The van der Waals surface area contributed by atoms with Gasteiger partial charge in [0.25, 0.3) is 0 Å². The quantitative estimate of drug-likeness (QED) is 0.842.